The first kappa shape index (κ1) is 25.0. The molecule has 0 spiro atoms. The standard InChI is InChI=1S/C32H34N4O3/c1-8-18-15(5)22-11-23-16(6)19(9-2)29(35-23)27-28(32(38)39)31(37)26-17(7)24(36-30(26)27)10-20-13(3)14(4)21(33-20)12-25(18)34-22/h8,10-12,16,19,28,33-36H,1,9H2,2-7H3,(H,38,39)/b20-10-,21-12-,23-11-,29-27-/t16-,19-,28+/m0/s1. The van der Waals surface area contributed by atoms with Crippen molar-refractivity contribution in [2.24, 2.45) is 17.8 Å². The zero-order valence-corrected chi connectivity index (χ0v) is 23.2. The van der Waals surface area contributed by atoms with E-state index in [1.54, 1.807) is 0 Å². The number of rotatable bonds is 3. The van der Waals surface area contributed by atoms with Gasteiger partial charge in [-0.3, -0.25) is 9.59 Å². The number of carboxylic acid groups (broad SMARTS) is 1. The summed E-state index contributed by atoms with van der Waals surface area (Å²) in [7, 11) is 0. The van der Waals surface area contributed by atoms with Gasteiger partial charge in [-0.2, -0.15) is 0 Å². The fraction of sp³-hybridized carbons (Fsp3) is 0.312. The molecule has 3 atom stereocenters. The number of fused-ring (bicyclic) bond motifs is 7. The monoisotopic (exact) mass is 522 g/mol. The number of allylic oxidation sites excluding steroid dienone is 2. The molecule has 0 amide bonds. The Morgan fingerprint density at radius 3 is 2.21 bits per heavy atom. The van der Waals surface area contributed by atoms with Gasteiger partial charge in [0, 0.05) is 67.7 Å². The molecule has 1 saturated heterocycles. The number of ketones is 1. The van der Waals surface area contributed by atoms with Crippen molar-refractivity contribution in [3.05, 3.63) is 84.8 Å². The largest absolute Gasteiger partial charge is 0.480 e. The van der Waals surface area contributed by atoms with Crippen LogP contribution >= 0.6 is 0 Å². The Morgan fingerprint density at radius 2 is 1.59 bits per heavy atom. The Labute approximate surface area is 227 Å². The van der Waals surface area contributed by atoms with Gasteiger partial charge in [0.25, 0.3) is 0 Å². The molecular formula is C32H34N4O3. The Hall–Kier alpha value is -4.26. The van der Waals surface area contributed by atoms with Crippen LogP contribution in [0.3, 0.4) is 0 Å². The molecule has 3 aliphatic rings. The lowest BCUT2D eigenvalue weighted by Gasteiger charge is -2.17. The number of aliphatic carboxylic acids is 1. The minimum atomic E-state index is -1.23. The molecule has 0 aromatic carbocycles. The molecule has 8 bridgehead atoms. The summed E-state index contributed by atoms with van der Waals surface area (Å²) < 4.78 is 0. The molecule has 0 saturated carbocycles. The van der Waals surface area contributed by atoms with E-state index >= 15 is 0 Å². The molecule has 1 fully saturated rings. The summed E-state index contributed by atoms with van der Waals surface area (Å²) in [5.41, 5.74) is 11.4. The highest BCUT2D eigenvalue weighted by molar-refractivity contribution is 6.24. The molecule has 3 aromatic rings. The second-order valence-electron chi connectivity index (χ2n) is 11.1. The molecule has 6 rings (SSSR count). The number of aromatic amines is 3. The average Bonchev–Trinajstić information content (AvgIpc) is 3.62. The third-order valence-electron chi connectivity index (χ3n) is 9.16. The molecule has 5 heterocycles. The molecule has 200 valence electrons. The lowest BCUT2D eigenvalue weighted by Crippen LogP contribution is -2.23. The molecule has 7 heteroatoms. The van der Waals surface area contributed by atoms with E-state index in [-0.39, 0.29) is 17.6 Å². The van der Waals surface area contributed by atoms with E-state index in [4.69, 9.17) is 0 Å². The molecule has 39 heavy (non-hydrogen) atoms. The van der Waals surface area contributed by atoms with Crippen molar-refractivity contribution in [2.45, 2.75) is 48.0 Å². The van der Waals surface area contributed by atoms with E-state index in [0.29, 0.717) is 16.8 Å². The minimum Gasteiger partial charge on any atom is -0.480 e. The first-order valence-electron chi connectivity index (χ1n) is 13.5. The van der Waals surface area contributed by atoms with Crippen molar-refractivity contribution in [1.29, 1.82) is 0 Å². The van der Waals surface area contributed by atoms with Crippen LogP contribution in [0.4, 0.5) is 0 Å². The van der Waals surface area contributed by atoms with Crippen LogP contribution in [0.25, 0.3) is 29.9 Å². The molecule has 2 aliphatic heterocycles. The van der Waals surface area contributed by atoms with E-state index in [0.717, 1.165) is 73.4 Å². The van der Waals surface area contributed by atoms with Crippen molar-refractivity contribution in [3.8, 4) is 0 Å². The maximum absolute atomic E-state index is 13.6. The molecule has 7 nitrogen and oxygen atoms in total. The first-order chi connectivity index (χ1) is 18.6. The highest BCUT2D eigenvalue weighted by atomic mass is 16.4. The number of Topliss-reactive ketones (excluding diaryl/α,β-unsaturated/α-hetero) is 1. The first-order valence-corrected chi connectivity index (χ1v) is 13.5. The number of H-pyrrole nitrogens is 3. The predicted octanol–water partition coefficient (Wildman–Crippen LogP) is 4.43. The highest BCUT2D eigenvalue weighted by Crippen LogP contribution is 2.47. The summed E-state index contributed by atoms with van der Waals surface area (Å²) in [6.07, 6.45) is 8.97. The lowest BCUT2D eigenvalue weighted by molar-refractivity contribution is -0.138. The van der Waals surface area contributed by atoms with Crippen molar-refractivity contribution in [3.63, 3.8) is 0 Å². The predicted molar refractivity (Wildman–Crippen MR) is 154 cm³/mol. The number of hydrogen-bond acceptors (Lipinski definition) is 3. The van der Waals surface area contributed by atoms with E-state index in [1.165, 1.54) is 0 Å². The lowest BCUT2D eigenvalue weighted by atomic mass is 9.86. The van der Waals surface area contributed by atoms with Crippen molar-refractivity contribution >= 4 is 41.6 Å². The normalized spacial score (nSPS) is 26.4. The van der Waals surface area contributed by atoms with Crippen LogP contribution in [-0.4, -0.2) is 31.8 Å². The Kier molecular flexibility index (Phi) is 5.54. The Balaban J connectivity index is 1.76. The molecule has 0 radical (unpaired) electrons. The highest BCUT2D eigenvalue weighted by Gasteiger charge is 2.47. The van der Waals surface area contributed by atoms with Crippen LogP contribution in [-0.2, 0) is 4.79 Å². The van der Waals surface area contributed by atoms with Crippen LogP contribution in [0, 0.1) is 45.4 Å². The van der Waals surface area contributed by atoms with Gasteiger partial charge in [0.1, 0.15) is 5.92 Å². The van der Waals surface area contributed by atoms with Gasteiger partial charge >= 0.3 is 5.97 Å². The number of hydrogen-bond donors (Lipinski definition) is 5. The second kappa shape index (κ2) is 8.63. The third-order valence-corrected chi connectivity index (χ3v) is 9.16. The van der Waals surface area contributed by atoms with Crippen molar-refractivity contribution < 1.29 is 14.7 Å². The average molecular weight is 523 g/mol. The van der Waals surface area contributed by atoms with E-state index in [1.807, 2.05) is 19.1 Å². The smallest absolute Gasteiger partial charge is 0.319 e. The van der Waals surface area contributed by atoms with Gasteiger partial charge in [-0.05, 0) is 74.6 Å². The van der Waals surface area contributed by atoms with E-state index in [9.17, 15) is 14.7 Å². The maximum atomic E-state index is 13.6. The van der Waals surface area contributed by atoms with Crippen LogP contribution in [0.1, 0.15) is 81.2 Å². The van der Waals surface area contributed by atoms with Crippen molar-refractivity contribution in [2.75, 3.05) is 0 Å². The van der Waals surface area contributed by atoms with Gasteiger partial charge in [-0.25, -0.2) is 0 Å². The zero-order valence-electron chi connectivity index (χ0n) is 23.2. The number of carbonyl (C=O) groups is 2. The third kappa shape index (κ3) is 3.42. The van der Waals surface area contributed by atoms with Gasteiger partial charge < -0.3 is 25.4 Å². The van der Waals surface area contributed by atoms with Crippen LogP contribution < -0.4 is 16.0 Å². The van der Waals surface area contributed by atoms with Crippen LogP contribution in [0.15, 0.2) is 18.0 Å². The number of aromatic nitrogens is 3. The summed E-state index contributed by atoms with van der Waals surface area (Å²) in [6.45, 7) is 16.5. The van der Waals surface area contributed by atoms with Crippen LogP contribution in [0.5, 0.6) is 0 Å². The molecular weight excluding hydrogens is 488 g/mol. The van der Waals surface area contributed by atoms with Gasteiger partial charge in [-0.1, -0.05) is 26.5 Å². The quantitative estimate of drug-likeness (QED) is 0.328. The molecule has 5 N–H and O–H groups in total. The Morgan fingerprint density at radius 1 is 0.949 bits per heavy atom. The molecule has 1 aliphatic carbocycles. The van der Waals surface area contributed by atoms with Gasteiger partial charge in [0.2, 0.25) is 0 Å². The number of nitrogens with one attached hydrogen (secondary N) is 4. The topological polar surface area (TPSA) is 114 Å². The molecule has 3 aromatic heterocycles. The fourth-order valence-electron chi connectivity index (χ4n) is 6.68. The van der Waals surface area contributed by atoms with Crippen molar-refractivity contribution in [1.82, 2.24) is 20.3 Å². The van der Waals surface area contributed by atoms with E-state index < -0.39 is 11.9 Å². The number of carbonyl (C=O) groups excluding carboxylic acids is 1. The van der Waals surface area contributed by atoms with Gasteiger partial charge in [0.05, 0.1) is 5.69 Å². The summed E-state index contributed by atoms with van der Waals surface area (Å²) in [4.78, 5) is 36.8. The molecule has 0 unspecified atom stereocenters. The fourth-order valence-corrected chi connectivity index (χ4v) is 6.68. The summed E-state index contributed by atoms with van der Waals surface area (Å²) in [5.74, 6) is -2.55. The maximum Gasteiger partial charge on any atom is 0.319 e. The summed E-state index contributed by atoms with van der Waals surface area (Å²) in [6, 6.07) is 0. The minimum absolute atomic E-state index is 0.0502. The van der Waals surface area contributed by atoms with Gasteiger partial charge in [-0.15, -0.1) is 0 Å². The second-order valence-corrected chi connectivity index (χ2v) is 11.1. The van der Waals surface area contributed by atoms with Gasteiger partial charge in [0.15, 0.2) is 5.78 Å². The zero-order chi connectivity index (χ0) is 27.9. The van der Waals surface area contributed by atoms with Crippen LogP contribution in [0.2, 0.25) is 0 Å². The Bertz CT molecular complexity index is 1800. The summed E-state index contributed by atoms with van der Waals surface area (Å²) in [5, 5.41) is 15.8. The SMILES string of the molecule is C=Cc1c2[nH]c(c1C)/C=C1\N/C(=C3\c4[nH]c(c(C)c4C(=O)[C@@H]3C(=O)O)/C=c3\[nH]/c(c(C)c3C)=C\2)[C@@H](CC)[C@@H]1C. The summed E-state index contributed by atoms with van der Waals surface area (Å²) >= 11 is 0. The number of carboxylic acids is 1. The van der Waals surface area contributed by atoms with E-state index in [2.05, 4.69) is 73.6 Å².